The number of halogens is 1. The Hall–Kier alpha value is -1.42. The summed E-state index contributed by atoms with van der Waals surface area (Å²) in [5, 5.41) is 0.743. The lowest BCUT2D eigenvalue weighted by Gasteiger charge is -2.32. The van der Waals surface area contributed by atoms with E-state index in [9.17, 15) is 0 Å². The molecule has 2 aromatic rings. The number of rotatable bonds is 3. The summed E-state index contributed by atoms with van der Waals surface area (Å²) in [6.45, 7) is 2.10. The van der Waals surface area contributed by atoms with Gasteiger partial charge >= 0.3 is 0 Å². The Morgan fingerprint density at radius 3 is 3.05 bits per heavy atom. The van der Waals surface area contributed by atoms with Crippen molar-refractivity contribution >= 4 is 11.6 Å². The van der Waals surface area contributed by atoms with Crippen molar-refractivity contribution in [2.24, 2.45) is 5.84 Å². The van der Waals surface area contributed by atoms with Crippen LogP contribution in [-0.4, -0.2) is 4.98 Å². The molecule has 0 spiro atoms. The summed E-state index contributed by atoms with van der Waals surface area (Å²) in [6.07, 6.45) is 5.23. The molecule has 0 radical (unpaired) electrons. The van der Waals surface area contributed by atoms with Gasteiger partial charge in [-0.2, -0.15) is 0 Å². The van der Waals surface area contributed by atoms with Crippen molar-refractivity contribution in [1.29, 1.82) is 0 Å². The van der Waals surface area contributed by atoms with E-state index in [0.29, 0.717) is 0 Å². The summed E-state index contributed by atoms with van der Waals surface area (Å²) in [4.78, 5) is 4.62. The summed E-state index contributed by atoms with van der Waals surface area (Å²) in [5.74, 6) is 6.18. The molecular formula is C17H20ClN3. The number of fused-ring (bicyclic) bond motifs is 1. The number of nitrogens with zero attached hydrogens (tertiary/aromatic N) is 1. The van der Waals surface area contributed by atoms with Crippen LogP contribution in [0.3, 0.4) is 0 Å². The molecule has 1 heterocycles. The predicted molar refractivity (Wildman–Crippen MR) is 86.2 cm³/mol. The van der Waals surface area contributed by atoms with Crippen LogP contribution in [0.25, 0.3) is 0 Å². The summed E-state index contributed by atoms with van der Waals surface area (Å²) in [6, 6.07) is 10.2. The fourth-order valence-electron chi connectivity index (χ4n) is 3.34. The monoisotopic (exact) mass is 301 g/mol. The van der Waals surface area contributed by atoms with Crippen molar-refractivity contribution in [1.82, 2.24) is 10.4 Å². The van der Waals surface area contributed by atoms with Crippen LogP contribution >= 0.6 is 11.6 Å². The van der Waals surface area contributed by atoms with E-state index in [2.05, 4.69) is 23.4 Å². The SMILES string of the molecule is Cc1ccc(Cl)cc1C(NN)C1CCCc2cccnc21. The van der Waals surface area contributed by atoms with Crippen molar-refractivity contribution in [2.45, 2.75) is 38.1 Å². The fraction of sp³-hybridized carbons (Fsp3) is 0.353. The molecule has 1 aliphatic rings. The Balaban J connectivity index is 2.03. The molecule has 3 N–H and O–H groups in total. The summed E-state index contributed by atoms with van der Waals surface area (Å²) in [5.41, 5.74) is 7.87. The number of hydrogen-bond donors (Lipinski definition) is 2. The number of benzene rings is 1. The largest absolute Gasteiger partial charge is 0.271 e. The first-order valence-corrected chi connectivity index (χ1v) is 7.74. The van der Waals surface area contributed by atoms with Crippen LogP contribution in [0.5, 0.6) is 0 Å². The van der Waals surface area contributed by atoms with Gasteiger partial charge in [-0.05, 0) is 61.1 Å². The predicted octanol–water partition coefficient (Wildman–Crippen LogP) is 3.67. The lowest BCUT2D eigenvalue weighted by atomic mass is 9.79. The lowest BCUT2D eigenvalue weighted by Crippen LogP contribution is -2.35. The highest BCUT2D eigenvalue weighted by Crippen LogP contribution is 2.40. The van der Waals surface area contributed by atoms with Crippen LogP contribution in [-0.2, 0) is 6.42 Å². The first-order valence-electron chi connectivity index (χ1n) is 7.36. The number of nitrogens with two attached hydrogens (primary N) is 1. The Labute approximate surface area is 130 Å². The van der Waals surface area contributed by atoms with Gasteiger partial charge in [-0.1, -0.05) is 23.7 Å². The van der Waals surface area contributed by atoms with Crippen LogP contribution in [0.15, 0.2) is 36.5 Å². The highest BCUT2D eigenvalue weighted by Gasteiger charge is 2.30. The van der Waals surface area contributed by atoms with E-state index in [4.69, 9.17) is 17.4 Å². The number of aryl methyl sites for hydroxylation is 2. The molecule has 0 bridgehead atoms. The Bertz CT molecular complexity index is 642. The van der Waals surface area contributed by atoms with Crippen LogP contribution in [0, 0.1) is 6.92 Å². The zero-order chi connectivity index (χ0) is 14.8. The second-order valence-corrected chi connectivity index (χ2v) is 6.13. The van der Waals surface area contributed by atoms with Gasteiger partial charge in [-0.3, -0.25) is 16.3 Å². The van der Waals surface area contributed by atoms with Crippen molar-refractivity contribution in [3.63, 3.8) is 0 Å². The molecule has 1 aliphatic carbocycles. The first kappa shape index (κ1) is 14.5. The minimum Gasteiger partial charge on any atom is -0.271 e. The maximum atomic E-state index is 6.17. The molecule has 0 saturated carbocycles. The van der Waals surface area contributed by atoms with Crippen LogP contribution in [0.1, 0.15) is 47.2 Å². The lowest BCUT2D eigenvalue weighted by molar-refractivity contribution is 0.398. The maximum Gasteiger partial charge on any atom is 0.0546 e. The van der Waals surface area contributed by atoms with E-state index in [1.165, 1.54) is 23.2 Å². The number of nitrogens with one attached hydrogen (secondary N) is 1. The molecule has 3 nitrogen and oxygen atoms in total. The van der Waals surface area contributed by atoms with Gasteiger partial charge in [0.25, 0.3) is 0 Å². The Morgan fingerprint density at radius 2 is 2.24 bits per heavy atom. The normalized spacial score (nSPS) is 19.1. The van der Waals surface area contributed by atoms with Crippen LogP contribution in [0.4, 0.5) is 0 Å². The molecule has 110 valence electrons. The molecule has 2 atom stereocenters. The number of aromatic nitrogens is 1. The zero-order valence-electron chi connectivity index (χ0n) is 12.1. The molecule has 0 aliphatic heterocycles. The zero-order valence-corrected chi connectivity index (χ0v) is 12.9. The number of pyridine rings is 1. The molecule has 0 amide bonds. The minimum absolute atomic E-state index is 0.0395. The average molecular weight is 302 g/mol. The van der Waals surface area contributed by atoms with E-state index >= 15 is 0 Å². The maximum absolute atomic E-state index is 6.17. The molecule has 3 rings (SSSR count). The van der Waals surface area contributed by atoms with Crippen LogP contribution in [0.2, 0.25) is 5.02 Å². The van der Waals surface area contributed by atoms with Crippen molar-refractivity contribution in [3.8, 4) is 0 Å². The highest BCUT2D eigenvalue weighted by atomic mass is 35.5. The van der Waals surface area contributed by atoms with Gasteiger partial charge in [0.1, 0.15) is 0 Å². The van der Waals surface area contributed by atoms with Gasteiger partial charge in [0.05, 0.1) is 6.04 Å². The quantitative estimate of drug-likeness (QED) is 0.672. The standard InChI is InChI=1S/C17H20ClN3/c1-11-7-8-13(18)10-15(11)17(21-19)14-6-2-4-12-5-3-9-20-16(12)14/h3,5,7-10,14,17,21H,2,4,6,19H2,1H3. The number of hydrazine groups is 1. The van der Waals surface area contributed by atoms with E-state index < -0.39 is 0 Å². The minimum atomic E-state index is 0.0395. The third-order valence-corrected chi connectivity index (χ3v) is 4.63. The van der Waals surface area contributed by atoms with E-state index in [0.717, 1.165) is 23.4 Å². The van der Waals surface area contributed by atoms with E-state index in [1.54, 1.807) is 0 Å². The second-order valence-electron chi connectivity index (χ2n) is 5.69. The molecule has 0 fully saturated rings. The van der Waals surface area contributed by atoms with Gasteiger partial charge < -0.3 is 0 Å². The van der Waals surface area contributed by atoms with Crippen LogP contribution < -0.4 is 11.3 Å². The van der Waals surface area contributed by atoms with Crippen molar-refractivity contribution in [2.75, 3.05) is 0 Å². The molecular weight excluding hydrogens is 282 g/mol. The third-order valence-electron chi connectivity index (χ3n) is 4.40. The molecule has 2 unspecified atom stereocenters. The molecule has 1 aromatic carbocycles. The van der Waals surface area contributed by atoms with Crippen molar-refractivity contribution in [3.05, 3.63) is 63.9 Å². The second kappa shape index (κ2) is 6.14. The topological polar surface area (TPSA) is 50.9 Å². The average Bonchev–Trinajstić information content (AvgIpc) is 2.51. The molecule has 21 heavy (non-hydrogen) atoms. The summed E-state index contributed by atoms with van der Waals surface area (Å²) >= 11 is 6.17. The Kier molecular flexibility index (Phi) is 4.24. The molecule has 1 aromatic heterocycles. The molecule has 4 heteroatoms. The van der Waals surface area contributed by atoms with Gasteiger partial charge in [0.15, 0.2) is 0 Å². The smallest absolute Gasteiger partial charge is 0.0546 e. The summed E-state index contributed by atoms with van der Waals surface area (Å²) < 4.78 is 0. The first-order chi connectivity index (χ1) is 10.2. The highest BCUT2D eigenvalue weighted by molar-refractivity contribution is 6.30. The van der Waals surface area contributed by atoms with Crippen molar-refractivity contribution < 1.29 is 0 Å². The molecule has 0 saturated heterocycles. The Morgan fingerprint density at radius 1 is 1.38 bits per heavy atom. The third kappa shape index (κ3) is 2.82. The fourth-order valence-corrected chi connectivity index (χ4v) is 3.52. The van der Waals surface area contributed by atoms with Gasteiger partial charge in [0, 0.05) is 22.8 Å². The van der Waals surface area contributed by atoms with E-state index in [1.807, 2.05) is 30.5 Å². The van der Waals surface area contributed by atoms with Gasteiger partial charge in [0.2, 0.25) is 0 Å². The van der Waals surface area contributed by atoms with E-state index in [-0.39, 0.29) is 12.0 Å². The summed E-state index contributed by atoms with van der Waals surface area (Å²) in [7, 11) is 0. The van der Waals surface area contributed by atoms with Gasteiger partial charge in [-0.15, -0.1) is 0 Å². The number of hydrogen-bond acceptors (Lipinski definition) is 3. The van der Waals surface area contributed by atoms with Gasteiger partial charge in [-0.25, -0.2) is 0 Å².